The predicted molar refractivity (Wildman–Crippen MR) is 104 cm³/mol. The Morgan fingerprint density at radius 1 is 1.19 bits per heavy atom. The molecule has 3 aromatic rings. The molecule has 0 atom stereocenters. The van der Waals surface area contributed by atoms with Gasteiger partial charge >= 0.3 is 0 Å². The topological polar surface area (TPSA) is 80.1 Å². The molecule has 4 rings (SSSR count). The Bertz CT molecular complexity index is 1020. The highest BCUT2D eigenvalue weighted by molar-refractivity contribution is 6.05. The van der Waals surface area contributed by atoms with Gasteiger partial charge in [-0.3, -0.25) is 14.3 Å². The van der Waals surface area contributed by atoms with Gasteiger partial charge in [0.25, 0.3) is 5.91 Å². The van der Waals surface area contributed by atoms with Crippen LogP contribution in [0.3, 0.4) is 0 Å². The molecular weight excluding hydrogens is 342 g/mol. The van der Waals surface area contributed by atoms with Gasteiger partial charge in [-0.05, 0) is 50.1 Å². The van der Waals surface area contributed by atoms with E-state index in [1.807, 2.05) is 32.2 Å². The average Bonchev–Trinajstić information content (AvgIpc) is 2.96. The van der Waals surface area contributed by atoms with E-state index in [0.29, 0.717) is 17.7 Å². The van der Waals surface area contributed by atoms with Gasteiger partial charge in [-0.2, -0.15) is 5.10 Å². The normalized spacial score (nSPS) is 14.6. The van der Waals surface area contributed by atoms with Crippen LogP contribution >= 0.6 is 0 Å². The Hall–Kier alpha value is -3.22. The van der Waals surface area contributed by atoms with E-state index in [4.69, 9.17) is 0 Å². The molecule has 0 spiro atoms. The molecule has 0 aliphatic carbocycles. The van der Waals surface area contributed by atoms with Gasteiger partial charge in [0.15, 0.2) is 5.65 Å². The third-order valence-corrected chi connectivity index (χ3v) is 4.89. The monoisotopic (exact) mass is 363 g/mol. The van der Waals surface area contributed by atoms with Crippen LogP contribution in [0.5, 0.6) is 0 Å². The maximum absolute atomic E-state index is 12.6. The van der Waals surface area contributed by atoms with Gasteiger partial charge in [-0.1, -0.05) is 0 Å². The van der Waals surface area contributed by atoms with Gasteiger partial charge in [0.05, 0.1) is 17.6 Å². The fraction of sp³-hybridized carbons (Fsp3) is 0.300. The minimum Gasteiger partial charge on any atom is -0.321 e. The van der Waals surface area contributed by atoms with Gasteiger partial charge in [-0.25, -0.2) is 4.98 Å². The van der Waals surface area contributed by atoms with Crippen molar-refractivity contribution < 1.29 is 9.59 Å². The second-order valence-electron chi connectivity index (χ2n) is 6.81. The van der Waals surface area contributed by atoms with E-state index in [1.54, 1.807) is 27.9 Å². The van der Waals surface area contributed by atoms with Crippen LogP contribution in [0.1, 0.15) is 35.3 Å². The number of aryl methyl sites for hydroxylation is 2. The lowest BCUT2D eigenvalue weighted by atomic mass is 10.1. The zero-order valence-corrected chi connectivity index (χ0v) is 15.4. The first kappa shape index (κ1) is 17.2. The van der Waals surface area contributed by atoms with Crippen molar-refractivity contribution in [3.63, 3.8) is 0 Å². The van der Waals surface area contributed by atoms with Crippen molar-refractivity contribution in [2.24, 2.45) is 7.05 Å². The molecular formula is C20H21N5O2. The Balaban J connectivity index is 1.51. The molecule has 2 amide bonds. The van der Waals surface area contributed by atoms with E-state index in [1.165, 1.54) is 0 Å². The highest BCUT2D eigenvalue weighted by Gasteiger charge is 2.19. The third-order valence-electron chi connectivity index (χ3n) is 4.89. The number of nitrogens with one attached hydrogen (secondary N) is 1. The van der Waals surface area contributed by atoms with Crippen molar-refractivity contribution in [2.45, 2.75) is 26.2 Å². The zero-order valence-electron chi connectivity index (χ0n) is 15.4. The largest absolute Gasteiger partial charge is 0.321 e. The molecule has 1 aromatic carbocycles. The summed E-state index contributed by atoms with van der Waals surface area (Å²) in [6.45, 7) is 2.65. The van der Waals surface area contributed by atoms with Crippen molar-refractivity contribution in [2.75, 3.05) is 16.8 Å². The lowest BCUT2D eigenvalue weighted by molar-refractivity contribution is -0.119. The van der Waals surface area contributed by atoms with Gasteiger partial charge in [0.2, 0.25) is 5.91 Å². The highest BCUT2D eigenvalue weighted by atomic mass is 16.2. The summed E-state index contributed by atoms with van der Waals surface area (Å²) in [6.07, 6.45) is 4.18. The molecule has 0 saturated carbocycles. The number of benzene rings is 1. The Morgan fingerprint density at radius 2 is 1.96 bits per heavy atom. The van der Waals surface area contributed by atoms with Gasteiger partial charge in [0, 0.05) is 36.7 Å². The second kappa shape index (κ2) is 6.83. The molecule has 2 aromatic heterocycles. The standard InChI is InChI=1S/C20H21N5O2/c1-13-17-11-15(12-21-19(17)24(2)23-13)22-20(27)14-6-8-16(9-7-14)25-10-4-3-5-18(25)26/h6-9,11-12H,3-5,10H2,1-2H3,(H,22,27). The number of hydrogen-bond acceptors (Lipinski definition) is 4. The number of rotatable bonds is 3. The summed E-state index contributed by atoms with van der Waals surface area (Å²) in [5.41, 5.74) is 3.64. The maximum Gasteiger partial charge on any atom is 0.255 e. The summed E-state index contributed by atoms with van der Waals surface area (Å²) in [5, 5.41) is 8.13. The van der Waals surface area contributed by atoms with Crippen LogP contribution in [-0.2, 0) is 11.8 Å². The Labute approximate surface area is 157 Å². The summed E-state index contributed by atoms with van der Waals surface area (Å²) in [7, 11) is 1.84. The van der Waals surface area contributed by atoms with E-state index in [0.717, 1.165) is 41.8 Å². The molecule has 138 valence electrons. The molecule has 27 heavy (non-hydrogen) atoms. The predicted octanol–water partition coefficient (Wildman–Crippen LogP) is 3.05. The molecule has 1 aliphatic rings. The smallest absolute Gasteiger partial charge is 0.255 e. The van der Waals surface area contributed by atoms with Crippen LogP contribution in [0.2, 0.25) is 0 Å². The molecule has 0 unspecified atom stereocenters. The van der Waals surface area contributed by atoms with Crippen LogP contribution < -0.4 is 10.2 Å². The minimum absolute atomic E-state index is 0.143. The number of aromatic nitrogens is 3. The van der Waals surface area contributed by atoms with Crippen LogP contribution in [0.15, 0.2) is 36.5 Å². The van der Waals surface area contributed by atoms with Crippen molar-refractivity contribution in [3.8, 4) is 0 Å². The number of pyridine rings is 1. The number of piperidine rings is 1. The van der Waals surface area contributed by atoms with Crippen molar-refractivity contribution in [1.29, 1.82) is 0 Å². The number of carbonyl (C=O) groups excluding carboxylic acids is 2. The minimum atomic E-state index is -0.214. The number of hydrogen-bond donors (Lipinski definition) is 1. The van der Waals surface area contributed by atoms with E-state index < -0.39 is 0 Å². The number of amides is 2. The first-order valence-corrected chi connectivity index (χ1v) is 9.04. The first-order valence-electron chi connectivity index (χ1n) is 9.04. The van der Waals surface area contributed by atoms with Crippen LogP contribution in [0.4, 0.5) is 11.4 Å². The van der Waals surface area contributed by atoms with Crippen LogP contribution in [0.25, 0.3) is 11.0 Å². The van der Waals surface area contributed by atoms with Crippen LogP contribution in [-0.4, -0.2) is 33.1 Å². The van der Waals surface area contributed by atoms with Gasteiger partial charge in [-0.15, -0.1) is 0 Å². The number of nitrogens with zero attached hydrogens (tertiary/aromatic N) is 4. The molecule has 0 bridgehead atoms. The lowest BCUT2D eigenvalue weighted by Gasteiger charge is -2.26. The summed E-state index contributed by atoms with van der Waals surface area (Å²) in [6, 6.07) is 9.01. The van der Waals surface area contributed by atoms with Crippen molar-refractivity contribution in [3.05, 3.63) is 47.8 Å². The molecule has 7 nitrogen and oxygen atoms in total. The molecule has 1 fully saturated rings. The third kappa shape index (κ3) is 3.28. The van der Waals surface area contributed by atoms with Gasteiger partial charge in [0.1, 0.15) is 0 Å². The molecule has 3 heterocycles. The average molecular weight is 363 g/mol. The van der Waals surface area contributed by atoms with E-state index in [9.17, 15) is 9.59 Å². The Morgan fingerprint density at radius 3 is 2.70 bits per heavy atom. The van der Waals surface area contributed by atoms with Crippen molar-refractivity contribution >= 4 is 34.2 Å². The second-order valence-corrected chi connectivity index (χ2v) is 6.81. The van der Waals surface area contributed by atoms with Gasteiger partial charge < -0.3 is 10.2 Å². The first-order chi connectivity index (χ1) is 13.0. The summed E-state index contributed by atoms with van der Waals surface area (Å²) < 4.78 is 1.72. The summed E-state index contributed by atoms with van der Waals surface area (Å²) in [4.78, 5) is 30.7. The molecule has 1 N–H and O–H groups in total. The number of anilines is 2. The summed E-state index contributed by atoms with van der Waals surface area (Å²) in [5.74, 6) is -0.0705. The zero-order chi connectivity index (χ0) is 19.0. The quantitative estimate of drug-likeness (QED) is 0.776. The Kier molecular flexibility index (Phi) is 4.35. The van der Waals surface area contributed by atoms with E-state index in [-0.39, 0.29) is 11.8 Å². The lowest BCUT2D eigenvalue weighted by Crippen LogP contribution is -2.35. The SMILES string of the molecule is Cc1nn(C)c2ncc(NC(=O)c3ccc(N4CCCCC4=O)cc3)cc12. The fourth-order valence-corrected chi connectivity index (χ4v) is 3.45. The molecule has 1 aliphatic heterocycles. The van der Waals surface area contributed by atoms with E-state index in [2.05, 4.69) is 15.4 Å². The molecule has 0 radical (unpaired) electrons. The van der Waals surface area contributed by atoms with E-state index >= 15 is 0 Å². The molecule has 1 saturated heterocycles. The number of fused-ring (bicyclic) bond motifs is 1. The van der Waals surface area contributed by atoms with Crippen molar-refractivity contribution in [1.82, 2.24) is 14.8 Å². The highest BCUT2D eigenvalue weighted by Crippen LogP contribution is 2.23. The number of carbonyl (C=O) groups is 2. The summed E-state index contributed by atoms with van der Waals surface area (Å²) >= 11 is 0. The van der Waals surface area contributed by atoms with Crippen LogP contribution in [0, 0.1) is 6.92 Å². The molecule has 7 heteroatoms. The fourth-order valence-electron chi connectivity index (χ4n) is 3.45. The maximum atomic E-state index is 12.6.